The van der Waals surface area contributed by atoms with E-state index < -0.39 is 38.3 Å². The van der Waals surface area contributed by atoms with Gasteiger partial charge in [0.2, 0.25) is 0 Å². The molecule has 4 nitrogen and oxygen atoms in total. The van der Waals surface area contributed by atoms with Gasteiger partial charge in [0.05, 0.1) is 16.0 Å². The zero-order valence-electron chi connectivity index (χ0n) is 17.5. The van der Waals surface area contributed by atoms with Gasteiger partial charge >= 0.3 is 0 Å². The predicted molar refractivity (Wildman–Crippen MR) is 139 cm³/mol. The molecule has 0 radical (unpaired) electrons. The van der Waals surface area contributed by atoms with E-state index in [1.807, 2.05) is 0 Å². The zero-order chi connectivity index (χ0) is 25.5. The first kappa shape index (κ1) is 26.2. The molecule has 182 valence electrons. The number of rotatable bonds is 7. The summed E-state index contributed by atoms with van der Waals surface area (Å²) in [6.07, 6.45) is 0.756. The van der Waals surface area contributed by atoms with Gasteiger partial charge in [-0.05, 0) is 54.1 Å². The zero-order valence-corrected chi connectivity index (χ0v) is 22.1. The van der Waals surface area contributed by atoms with Crippen LogP contribution in [0.5, 0.6) is 0 Å². The lowest BCUT2D eigenvalue weighted by Gasteiger charge is -2.15. The number of para-hydroxylation sites is 1. The Balaban J connectivity index is 1.55. The second kappa shape index (κ2) is 9.87. The Morgan fingerprint density at radius 2 is 1.66 bits per heavy atom. The molecule has 4 rings (SSSR count). The summed E-state index contributed by atoms with van der Waals surface area (Å²) in [5.74, 6) is -3.10. The molecule has 11 heteroatoms. The smallest absolute Gasteiger partial charge is 0.257 e. The van der Waals surface area contributed by atoms with Gasteiger partial charge in [0.25, 0.3) is 5.91 Å². The summed E-state index contributed by atoms with van der Waals surface area (Å²) >= 11 is 28.5. The number of alkyl halides is 2. The number of nitrogens with one attached hydrogen (secondary N) is 2. The lowest BCUT2D eigenvalue weighted by atomic mass is 10.00. The van der Waals surface area contributed by atoms with E-state index in [1.54, 1.807) is 24.3 Å². The van der Waals surface area contributed by atoms with Crippen LogP contribution in [0.3, 0.4) is 0 Å². The van der Waals surface area contributed by atoms with Crippen molar-refractivity contribution >= 4 is 85.9 Å². The highest BCUT2D eigenvalue weighted by Crippen LogP contribution is 2.74. The SMILES string of the molecule is O=CC1(CNc2ccc(Cl)c(C(=O)Nc3c(F)cccc3F)c2)C(c2cc(Cl)cc(Cl)c2)C1(Cl)Br. The van der Waals surface area contributed by atoms with Gasteiger partial charge in [-0.25, -0.2) is 8.78 Å². The summed E-state index contributed by atoms with van der Waals surface area (Å²) in [4.78, 5) is 24.9. The van der Waals surface area contributed by atoms with E-state index in [0.717, 1.165) is 18.4 Å². The van der Waals surface area contributed by atoms with Crippen LogP contribution < -0.4 is 10.6 Å². The monoisotopic (exact) mass is 620 g/mol. The van der Waals surface area contributed by atoms with Crippen LogP contribution in [-0.2, 0) is 4.79 Å². The van der Waals surface area contributed by atoms with E-state index in [4.69, 9.17) is 46.4 Å². The van der Waals surface area contributed by atoms with Crippen molar-refractivity contribution in [2.24, 2.45) is 5.41 Å². The second-order valence-electron chi connectivity index (χ2n) is 8.02. The first-order chi connectivity index (χ1) is 16.5. The largest absolute Gasteiger partial charge is 0.384 e. The first-order valence-corrected chi connectivity index (χ1v) is 12.4. The minimum atomic E-state index is -1.10. The molecule has 1 fully saturated rings. The number of hydrogen-bond donors (Lipinski definition) is 2. The molecule has 3 unspecified atom stereocenters. The molecule has 3 aromatic carbocycles. The predicted octanol–water partition coefficient (Wildman–Crippen LogP) is 7.90. The fourth-order valence-corrected chi connectivity index (χ4v) is 6.24. The number of amides is 1. The van der Waals surface area contributed by atoms with Crippen molar-refractivity contribution < 1.29 is 18.4 Å². The Hall–Kier alpha value is -1.90. The van der Waals surface area contributed by atoms with Crippen molar-refractivity contribution in [1.29, 1.82) is 0 Å². The molecule has 3 aromatic rings. The topological polar surface area (TPSA) is 58.2 Å². The minimum Gasteiger partial charge on any atom is -0.384 e. The fourth-order valence-electron chi connectivity index (χ4n) is 3.99. The second-order valence-corrected chi connectivity index (χ2v) is 11.6. The maximum absolute atomic E-state index is 13.9. The molecule has 0 aliphatic heterocycles. The summed E-state index contributed by atoms with van der Waals surface area (Å²) in [5, 5.41) is 6.18. The first-order valence-electron chi connectivity index (χ1n) is 10.1. The average Bonchev–Trinajstić information content (AvgIpc) is 3.29. The van der Waals surface area contributed by atoms with Crippen LogP contribution in [0.1, 0.15) is 21.8 Å². The normalized spacial score (nSPS) is 23.0. The van der Waals surface area contributed by atoms with Crippen LogP contribution in [0.15, 0.2) is 54.6 Å². The van der Waals surface area contributed by atoms with E-state index in [9.17, 15) is 18.4 Å². The van der Waals surface area contributed by atoms with Crippen LogP contribution >= 0.6 is 62.3 Å². The van der Waals surface area contributed by atoms with Crippen molar-refractivity contribution in [2.75, 3.05) is 17.2 Å². The molecule has 0 bridgehead atoms. The molecule has 0 heterocycles. The van der Waals surface area contributed by atoms with Crippen molar-refractivity contribution in [3.63, 3.8) is 0 Å². The van der Waals surface area contributed by atoms with Crippen LogP contribution in [0.2, 0.25) is 15.1 Å². The Kier molecular flexibility index (Phi) is 7.38. The highest BCUT2D eigenvalue weighted by atomic mass is 79.9. The summed E-state index contributed by atoms with van der Waals surface area (Å²) in [6, 6.07) is 12.6. The van der Waals surface area contributed by atoms with Gasteiger partial charge in [-0.3, -0.25) is 4.79 Å². The molecule has 1 aliphatic rings. The van der Waals surface area contributed by atoms with Gasteiger partial charge in [-0.1, -0.05) is 56.8 Å². The van der Waals surface area contributed by atoms with Crippen molar-refractivity contribution in [1.82, 2.24) is 0 Å². The van der Waals surface area contributed by atoms with E-state index in [-0.39, 0.29) is 17.1 Å². The third-order valence-electron chi connectivity index (χ3n) is 5.84. The molecule has 1 amide bonds. The number of halogens is 7. The van der Waals surface area contributed by atoms with Crippen molar-refractivity contribution in [2.45, 2.75) is 9.70 Å². The fraction of sp³-hybridized carbons (Fsp3) is 0.167. The lowest BCUT2D eigenvalue weighted by molar-refractivity contribution is -0.111. The molecule has 2 N–H and O–H groups in total. The third kappa shape index (κ3) is 4.89. The number of carbonyl (C=O) groups is 2. The quantitative estimate of drug-likeness (QED) is 0.208. The molecule has 35 heavy (non-hydrogen) atoms. The van der Waals surface area contributed by atoms with E-state index >= 15 is 0 Å². The van der Waals surface area contributed by atoms with E-state index in [2.05, 4.69) is 26.6 Å². The number of benzene rings is 3. The Labute approximate surface area is 228 Å². The molecular formula is C24H15BrCl4F2N2O2. The lowest BCUT2D eigenvalue weighted by Crippen LogP contribution is -2.23. The maximum Gasteiger partial charge on any atom is 0.257 e. The van der Waals surface area contributed by atoms with Gasteiger partial charge in [0.1, 0.15) is 27.4 Å². The van der Waals surface area contributed by atoms with Gasteiger partial charge < -0.3 is 15.4 Å². The standard InChI is InChI=1S/C24H15BrCl4F2N2O2/c25-24(29)21(12-6-13(26)8-14(27)7-12)23(24,11-34)10-32-15-4-5-17(28)16(9-15)22(35)33-20-18(30)2-1-3-19(20)31/h1-9,11,21,32H,10H2,(H,33,35). The van der Waals surface area contributed by atoms with Gasteiger partial charge in [-0.15, -0.1) is 11.6 Å². The Bertz CT molecular complexity index is 1300. The highest BCUT2D eigenvalue weighted by molar-refractivity contribution is 9.10. The molecule has 0 aromatic heterocycles. The summed E-state index contributed by atoms with van der Waals surface area (Å²) in [7, 11) is 0. The molecule has 3 atom stereocenters. The van der Waals surface area contributed by atoms with E-state index in [1.165, 1.54) is 18.2 Å². The maximum atomic E-state index is 13.9. The van der Waals surface area contributed by atoms with Crippen LogP contribution in [0.25, 0.3) is 0 Å². The van der Waals surface area contributed by atoms with Gasteiger partial charge in [0, 0.05) is 28.2 Å². The molecular weight excluding hydrogens is 608 g/mol. The number of anilines is 2. The summed E-state index contributed by atoms with van der Waals surface area (Å²) in [5.41, 5.74) is -0.555. The van der Waals surface area contributed by atoms with Crippen molar-refractivity contribution in [3.05, 3.63) is 92.4 Å². The molecule has 0 spiro atoms. The van der Waals surface area contributed by atoms with Crippen molar-refractivity contribution in [3.8, 4) is 0 Å². The minimum absolute atomic E-state index is 0.0237. The van der Waals surface area contributed by atoms with E-state index in [0.29, 0.717) is 21.3 Å². The molecule has 1 saturated carbocycles. The van der Waals surface area contributed by atoms with Crippen LogP contribution in [0, 0.1) is 17.0 Å². The summed E-state index contributed by atoms with van der Waals surface area (Å²) in [6.45, 7) is 0.0880. The van der Waals surface area contributed by atoms with Crippen LogP contribution in [-0.4, -0.2) is 22.5 Å². The average molecular weight is 623 g/mol. The highest BCUT2D eigenvalue weighted by Gasteiger charge is 2.76. The summed E-state index contributed by atoms with van der Waals surface area (Å²) < 4.78 is 26.8. The molecule has 1 aliphatic carbocycles. The third-order valence-corrected chi connectivity index (χ3v) is 8.37. The van der Waals surface area contributed by atoms with Gasteiger partial charge in [0.15, 0.2) is 0 Å². The molecule has 0 saturated heterocycles. The number of hydrogen-bond acceptors (Lipinski definition) is 3. The Morgan fingerprint density at radius 1 is 1.03 bits per heavy atom. The van der Waals surface area contributed by atoms with Crippen LogP contribution in [0.4, 0.5) is 20.2 Å². The Morgan fingerprint density at radius 3 is 2.26 bits per heavy atom. The van der Waals surface area contributed by atoms with Gasteiger partial charge in [-0.2, -0.15) is 0 Å². The number of carbonyl (C=O) groups excluding carboxylic acids is 2. The number of aldehydes is 1.